The molecule has 3 rings (SSSR count). The van der Waals surface area contributed by atoms with Crippen LogP contribution in [0.3, 0.4) is 0 Å². The van der Waals surface area contributed by atoms with Gasteiger partial charge in [0.2, 0.25) is 5.91 Å². The van der Waals surface area contributed by atoms with Crippen molar-refractivity contribution < 1.29 is 9.53 Å². The van der Waals surface area contributed by atoms with Crippen LogP contribution in [0.4, 0.5) is 5.69 Å². The molecule has 9 heteroatoms. The minimum absolute atomic E-state index is 0. The van der Waals surface area contributed by atoms with Crippen molar-refractivity contribution >= 4 is 36.4 Å². The first-order chi connectivity index (χ1) is 12.0. The second kappa shape index (κ2) is 10.6. The van der Waals surface area contributed by atoms with Crippen molar-refractivity contribution in [3.8, 4) is 0 Å². The molecule has 1 aliphatic rings. The summed E-state index contributed by atoms with van der Waals surface area (Å²) in [6, 6.07) is 7.24. The summed E-state index contributed by atoms with van der Waals surface area (Å²) in [5, 5.41) is 7.31. The van der Waals surface area contributed by atoms with Crippen molar-refractivity contribution in [1.82, 2.24) is 14.8 Å². The molecule has 1 saturated heterocycles. The number of ether oxygens (including phenoxy) is 1. The Hall–Kier alpha value is -1.67. The Bertz CT molecular complexity index is 747. The van der Waals surface area contributed by atoms with Crippen molar-refractivity contribution in [1.29, 1.82) is 0 Å². The Kier molecular flexibility index (Phi) is 9.18. The van der Waals surface area contributed by atoms with E-state index in [9.17, 15) is 4.79 Å². The molecule has 150 valence electrons. The quantitative estimate of drug-likeness (QED) is 0.781. The highest BCUT2D eigenvalue weighted by molar-refractivity contribution is 5.94. The summed E-state index contributed by atoms with van der Waals surface area (Å²) in [7, 11) is 0. The van der Waals surface area contributed by atoms with Gasteiger partial charge in [-0.15, -0.1) is 24.8 Å². The van der Waals surface area contributed by atoms with Crippen molar-refractivity contribution in [2.45, 2.75) is 39.3 Å². The molecule has 1 aliphatic heterocycles. The third-order valence-corrected chi connectivity index (χ3v) is 4.57. The fraction of sp³-hybridized carbons (Fsp3) is 0.500. The van der Waals surface area contributed by atoms with E-state index in [1.54, 1.807) is 0 Å². The summed E-state index contributed by atoms with van der Waals surface area (Å²) in [5.74, 6) is 1.66. The van der Waals surface area contributed by atoms with Gasteiger partial charge in [0.05, 0.1) is 12.6 Å². The van der Waals surface area contributed by atoms with Crippen LogP contribution in [0.5, 0.6) is 0 Å². The van der Waals surface area contributed by atoms with E-state index in [1.807, 2.05) is 42.8 Å². The normalized spacial score (nSPS) is 15.4. The fourth-order valence-corrected chi connectivity index (χ4v) is 3.15. The molecule has 3 N–H and O–H groups in total. The Labute approximate surface area is 171 Å². The van der Waals surface area contributed by atoms with Gasteiger partial charge < -0.3 is 15.8 Å². The molecule has 2 aromatic rings. The van der Waals surface area contributed by atoms with E-state index in [4.69, 9.17) is 10.5 Å². The summed E-state index contributed by atoms with van der Waals surface area (Å²) in [6.45, 7) is 5.77. The largest absolute Gasteiger partial charge is 0.381 e. The van der Waals surface area contributed by atoms with E-state index >= 15 is 0 Å². The number of amides is 1. The molecule has 1 amide bonds. The number of anilines is 1. The molecule has 7 nitrogen and oxygen atoms in total. The van der Waals surface area contributed by atoms with Gasteiger partial charge in [0.1, 0.15) is 11.6 Å². The van der Waals surface area contributed by atoms with Crippen molar-refractivity contribution in [3.63, 3.8) is 0 Å². The molecule has 2 heterocycles. The van der Waals surface area contributed by atoms with Crippen LogP contribution < -0.4 is 11.1 Å². The second-order valence-electron chi connectivity index (χ2n) is 6.53. The monoisotopic (exact) mass is 415 g/mol. The van der Waals surface area contributed by atoms with Crippen molar-refractivity contribution in [2.24, 2.45) is 11.7 Å². The number of nitrogens with two attached hydrogens (primary N) is 1. The molecule has 1 aromatic heterocycles. The summed E-state index contributed by atoms with van der Waals surface area (Å²) >= 11 is 0. The predicted octanol–water partition coefficient (Wildman–Crippen LogP) is 2.48. The zero-order valence-electron chi connectivity index (χ0n) is 15.6. The number of rotatable bonds is 5. The Morgan fingerprint density at radius 2 is 2.04 bits per heavy atom. The van der Waals surface area contributed by atoms with Crippen LogP contribution in [0, 0.1) is 19.8 Å². The minimum atomic E-state index is -0.507. The summed E-state index contributed by atoms with van der Waals surface area (Å²) in [6.07, 6.45) is 1.67. The van der Waals surface area contributed by atoms with Gasteiger partial charge in [0, 0.05) is 18.9 Å². The number of hydrogen-bond acceptors (Lipinski definition) is 5. The Morgan fingerprint density at radius 1 is 1.33 bits per heavy atom. The van der Waals surface area contributed by atoms with E-state index in [-0.39, 0.29) is 36.6 Å². The highest BCUT2D eigenvalue weighted by Gasteiger charge is 2.26. The number of nitrogens with one attached hydrogen (secondary N) is 1. The van der Waals surface area contributed by atoms with Gasteiger partial charge in [-0.2, -0.15) is 5.10 Å². The first kappa shape index (κ1) is 23.4. The van der Waals surface area contributed by atoms with Crippen LogP contribution in [-0.4, -0.2) is 39.9 Å². The zero-order chi connectivity index (χ0) is 17.8. The lowest BCUT2D eigenvalue weighted by molar-refractivity contribution is -0.119. The number of benzene rings is 1. The lowest BCUT2D eigenvalue weighted by atomic mass is 9.92. The van der Waals surface area contributed by atoms with Gasteiger partial charge >= 0.3 is 0 Å². The summed E-state index contributed by atoms with van der Waals surface area (Å²) in [5.41, 5.74) is 7.93. The predicted molar refractivity (Wildman–Crippen MR) is 110 cm³/mol. The van der Waals surface area contributed by atoms with Crippen LogP contribution in [0.1, 0.15) is 30.1 Å². The van der Waals surface area contributed by atoms with E-state index < -0.39 is 6.04 Å². The van der Waals surface area contributed by atoms with Gasteiger partial charge in [-0.05, 0) is 50.3 Å². The fourth-order valence-electron chi connectivity index (χ4n) is 3.15. The molecule has 1 fully saturated rings. The number of aromatic nitrogens is 3. The topological polar surface area (TPSA) is 95.1 Å². The van der Waals surface area contributed by atoms with E-state index in [1.165, 1.54) is 0 Å². The summed E-state index contributed by atoms with van der Waals surface area (Å²) < 4.78 is 7.18. The van der Waals surface area contributed by atoms with Gasteiger partial charge in [-0.3, -0.25) is 4.79 Å². The van der Waals surface area contributed by atoms with E-state index in [2.05, 4.69) is 15.4 Å². The Balaban J connectivity index is 0.00000182. The van der Waals surface area contributed by atoms with Crippen molar-refractivity contribution in [3.05, 3.63) is 41.5 Å². The second-order valence-corrected chi connectivity index (χ2v) is 6.53. The SMILES string of the molecule is Cc1nc(C)n(Cc2cccc(NC(=O)C(N)C3CCOCC3)c2)n1.Cl.Cl. The molecule has 1 atom stereocenters. The maximum absolute atomic E-state index is 12.4. The highest BCUT2D eigenvalue weighted by Crippen LogP contribution is 2.19. The van der Waals surface area contributed by atoms with E-state index in [0.29, 0.717) is 19.8 Å². The van der Waals surface area contributed by atoms with Gasteiger partial charge in [0.15, 0.2) is 0 Å². The van der Waals surface area contributed by atoms with Crippen LogP contribution >= 0.6 is 24.8 Å². The number of carbonyl (C=O) groups is 1. The molecule has 0 saturated carbocycles. The lowest BCUT2D eigenvalue weighted by Gasteiger charge is -2.26. The van der Waals surface area contributed by atoms with Crippen LogP contribution in [0.2, 0.25) is 0 Å². The first-order valence-corrected chi connectivity index (χ1v) is 8.64. The van der Waals surface area contributed by atoms with Crippen LogP contribution in [0.25, 0.3) is 0 Å². The van der Waals surface area contributed by atoms with E-state index in [0.717, 1.165) is 35.7 Å². The smallest absolute Gasteiger partial charge is 0.241 e. The third kappa shape index (κ3) is 6.17. The lowest BCUT2D eigenvalue weighted by Crippen LogP contribution is -2.44. The zero-order valence-corrected chi connectivity index (χ0v) is 17.2. The molecule has 1 unspecified atom stereocenters. The number of aryl methyl sites for hydroxylation is 2. The van der Waals surface area contributed by atoms with Crippen molar-refractivity contribution in [2.75, 3.05) is 18.5 Å². The molecule has 0 aliphatic carbocycles. The minimum Gasteiger partial charge on any atom is -0.381 e. The van der Waals surface area contributed by atoms with Crippen LogP contribution in [0.15, 0.2) is 24.3 Å². The standard InChI is InChI=1S/C18H25N5O2.2ClH/c1-12-20-13(2)23(22-12)11-14-4-3-5-16(10-14)21-18(24)17(19)15-6-8-25-9-7-15;;/h3-5,10,15,17H,6-9,11,19H2,1-2H3,(H,21,24);2*1H. The average molecular weight is 416 g/mol. The first-order valence-electron chi connectivity index (χ1n) is 8.64. The molecule has 0 bridgehead atoms. The molecular weight excluding hydrogens is 389 g/mol. The number of hydrogen-bond donors (Lipinski definition) is 2. The average Bonchev–Trinajstić information content (AvgIpc) is 2.92. The molecule has 1 aromatic carbocycles. The number of carbonyl (C=O) groups excluding carboxylic acids is 1. The van der Waals surface area contributed by atoms with Gasteiger partial charge in [-0.25, -0.2) is 9.67 Å². The maximum atomic E-state index is 12.4. The summed E-state index contributed by atoms with van der Waals surface area (Å²) in [4.78, 5) is 16.7. The maximum Gasteiger partial charge on any atom is 0.241 e. The number of halogens is 2. The van der Waals surface area contributed by atoms with Gasteiger partial charge in [-0.1, -0.05) is 12.1 Å². The molecule has 27 heavy (non-hydrogen) atoms. The Morgan fingerprint density at radius 3 is 2.67 bits per heavy atom. The van der Waals surface area contributed by atoms with Crippen LogP contribution in [-0.2, 0) is 16.1 Å². The van der Waals surface area contributed by atoms with Gasteiger partial charge in [0.25, 0.3) is 0 Å². The molecule has 0 radical (unpaired) electrons. The molecular formula is C18H27Cl2N5O2. The third-order valence-electron chi connectivity index (χ3n) is 4.57. The number of nitrogens with zero attached hydrogens (tertiary/aromatic N) is 3. The highest BCUT2D eigenvalue weighted by atomic mass is 35.5. The molecule has 0 spiro atoms.